The predicted molar refractivity (Wildman–Crippen MR) is 131 cm³/mol. The maximum absolute atomic E-state index is 4.72. The molecule has 0 unspecified atom stereocenters. The lowest BCUT2D eigenvalue weighted by atomic mass is 10.1. The van der Waals surface area contributed by atoms with Gasteiger partial charge >= 0.3 is 0 Å². The number of aliphatic imine (C=N–C) groups is 1. The Bertz CT molecular complexity index is 912. The highest BCUT2D eigenvalue weighted by Gasteiger charge is 2.08. The van der Waals surface area contributed by atoms with Crippen molar-refractivity contribution in [1.29, 1.82) is 0 Å². The van der Waals surface area contributed by atoms with Gasteiger partial charge in [0, 0.05) is 30.1 Å². The number of anilines is 1. The van der Waals surface area contributed by atoms with Crippen molar-refractivity contribution in [3.05, 3.63) is 57.9 Å². The Morgan fingerprint density at radius 1 is 1.10 bits per heavy atom. The zero-order valence-electron chi connectivity index (χ0n) is 17.1. The predicted octanol–water partition coefficient (Wildman–Crippen LogP) is 4.51. The van der Waals surface area contributed by atoms with Crippen LogP contribution in [0, 0.1) is 0 Å². The summed E-state index contributed by atoms with van der Waals surface area (Å²) >= 11 is 4.93. The van der Waals surface area contributed by atoms with Gasteiger partial charge in [0.2, 0.25) is 5.13 Å². The van der Waals surface area contributed by atoms with Crippen molar-refractivity contribution >= 4 is 44.9 Å². The van der Waals surface area contributed by atoms with Crippen molar-refractivity contribution in [3.63, 3.8) is 0 Å². The molecule has 1 fully saturated rings. The minimum absolute atomic E-state index is 0.667. The van der Waals surface area contributed by atoms with Gasteiger partial charge in [0.05, 0.1) is 5.69 Å². The molecular formula is C22H27BrN6S. The van der Waals surface area contributed by atoms with Crippen LogP contribution in [-0.2, 0) is 6.42 Å². The fourth-order valence-corrected chi connectivity index (χ4v) is 3.78. The molecule has 4 rings (SSSR count). The monoisotopic (exact) mass is 486 g/mol. The van der Waals surface area contributed by atoms with E-state index in [-0.39, 0.29) is 0 Å². The molecule has 0 saturated carbocycles. The van der Waals surface area contributed by atoms with E-state index >= 15 is 0 Å². The number of hydrogen-bond donors (Lipinski definition) is 2. The van der Waals surface area contributed by atoms with E-state index in [1.807, 2.05) is 23.6 Å². The van der Waals surface area contributed by atoms with Gasteiger partial charge in [-0.2, -0.15) is 0 Å². The van der Waals surface area contributed by atoms with Gasteiger partial charge in [-0.3, -0.25) is 0 Å². The van der Waals surface area contributed by atoms with Crippen molar-refractivity contribution in [2.75, 3.05) is 38.3 Å². The van der Waals surface area contributed by atoms with Gasteiger partial charge in [0.25, 0.3) is 0 Å². The zero-order chi connectivity index (χ0) is 21.2. The number of benzene rings is 1. The van der Waals surface area contributed by atoms with E-state index in [1.54, 1.807) is 0 Å². The molecule has 8 heteroatoms. The number of rotatable bonds is 6. The summed E-state index contributed by atoms with van der Waals surface area (Å²) in [4.78, 5) is 15.1. The summed E-state index contributed by atoms with van der Waals surface area (Å²) in [6.45, 7) is 7.78. The molecule has 158 valence electrons. The maximum Gasteiger partial charge on any atom is 0.209 e. The summed E-state index contributed by atoms with van der Waals surface area (Å²) < 4.78 is 1.10. The number of pyridine rings is 1. The van der Waals surface area contributed by atoms with Crippen LogP contribution in [0.15, 0.2) is 57.3 Å². The molecule has 2 N–H and O–H groups in total. The second-order valence-corrected chi connectivity index (χ2v) is 8.64. The van der Waals surface area contributed by atoms with Gasteiger partial charge in [-0.05, 0) is 62.5 Å². The average Bonchev–Trinajstić information content (AvgIpc) is 3.30. The molecule has 0 aliphatic carbocycles. The third-order valence-corrected chi connectivity index (χ3v) is 5.92. The first-order valence-electron chi connectivity index (χ1n) is 9.92. The lowest BCUT2D eigenvalue weighted by Crippen LogP contribution is -2.37. The normalized spacial score (nSPS) is 13.3. The molecule has 3 heterocycles. The summed E-state index contributed by atoms with van der Waals surface area (Å²) in [6.07, 6.45) is 2.25. The zero-order valence-corrected chi connectivity index (χ0v) is 19.5. The van der Waals surface area contributed by atoms with E-state index in [4.69, 9.17) is 4.98 Å². The van der Waals surface area contributed by atoms with Gasteiger partial charge in [0.1, 0.15) is 11.5 Å². The van der Waals surface area contributed by atoms with Gasteiger partial charge in [-0.1, -0.05) is 34.1 Å². The van der Waals surface area contributed by atoms with Crippen LogP contribution in [-0.4, -0.2) is 50.0 Å². The number of likely N-dealkylation sites (N-methyl/N-ethyl adjacent to an activating group) is 1. The standard InChI is InChI=1S/C18H17BrN4S.C4H10N2/c1-20-18-22-16(12-24-18)15-4-3-5-17(21-15)23(2)11-10-13-6-8-14(19)9-7-13;1-2-5-4-6-3-1/h3-9,12H,1,10-11H2,2H3;5-6H,1-4H2. The molecule has 1 aliphatic rings. The Balaban J connectivity index is 0.000000367. The van der Waals surface area contributed by atoms with E-state index in [1.165, 1.54) is 36.4 Å². The third-order valence-electron chi connectivity index (χ3n) is 4.62. The Morgan fingerprint density at radius 3 is 2.47 bits per heavy atom. The van der Waals surface area contributed by atoms with Crippen LogP contribution in [0.5, 0.6) is 0 Å². The molecule has 0 spiro atoms. The molecule has 1 aliphatic heterocycles. The molecule has 6 nitrogen and oxygen atoms in total. The van der Waals surface area contributed by atoms with E-state index in [0.717, 1.165) is 41.3 Å². The minimum Gasteiger partial charge on any atom is -0.359 e. The van der Waals surface area contributed by atoms with E-state index in [0.29, 0.717) is 5.13 Å². The van der Waals surface area contributed by atoms with Crippen LogP contribution in [0.25, 0.3) is 11.4 Å². The van der Waals surface area contributed by atoms with Crippen LogP contribution in [0.1, 0.15) is 12.0 Å². The van der Waals surface area contributed by atoms with E-state index in [9.17, 15) is 0 Å². The van der Waals surface area contributed by atoms with Crippen LogP contribution in [0.3, 0.4) is 0 Å². The molecule has 2 aromatic heterocycles. The quantitative estimate of drug-likeness (QED) is 0.501. The lowest BCUT2D eigenvalue weighted by molar-refractivity contribution is 0.496. The van der Waals surface area contributed by atoms with Crippen molar-refractivity contribution < 1.29 is 0 Å². The summed E-state index contributed by atoms with van der Waals surface area (Å²) in [5, 5.41) is 8.97. The smallest absolute Gasteiger partial charge is 0.209 e. The molecule has 0 atom stereocenters. The molecule has 1 saturated heterocycles. The molecular weight excluding hydrogens is 460 g/mol. The fourth-order valence-electron chi connectivity index (χ4n) is 2.90. The van der Waals surface area contributed by atoms with Gasteiger partial charge in [-0.15, -0.1) is 11.3 Å². The molecule has 1 aromatic carbocycles. The van der Waals surface area contributed by atoms with Crippen LogP contribution < -0.4 is 15.5 Å². The van der Waals surface area contributed by atoms with Gasteiger partial charge in [-0.25, -0.2) is 15.0 Å². The van der Waals surface area contributed by atoms with Crippen LogP contribution in [0.4, 0.5) is 10.9 Å². The Morgan fingerprint density at radius 2 is 1.87 bits per heavy atom. The van der Waals surface area contributed by atoms with Crippen LogP contribution in [0.2, 0.25) is 0 Å². The highest BCUT2D eigenvalue weighted by molar-refractivity contribution is 9.10. The molecule has 0 bridgehead atoms. The highest BCUT2D eigenvalue weighted by atomic mass is 79.9. The molecule has 30 heavy (non-hydrogen) atoms. The second kappa shape index (κ2) is 11.9. The Labute approximate surface area is 190 Å². The number of nitrogens with zero attached hydrogens (tertiary/aromatic N) is 4. The number of aromatic nitrogens is 2. The number of thiazole rings is 1. The number of nitrogens with one attached hydrogen (secondary N) is 2. The minimum atomic E-state index is 0.667. The SMILES string of the molecule is C1CNCNC1.C=Nc1nc(-c2cccc(N(C)CCc3ccc(Br)cc3)n2)cs1. The Kier molecular flexibility index (Phi) is 8.95. The Hall–Kier alpha value is -2.13. The molecule has 0 radical (unpaired) electrons. The van der Waals surface area contributed by atoms with E-state index in [2.05, 4.69) is 79.5 Å². The number of hydrogen-bond acceptors (Lipinski definition) is 7. The largest absolute Gasteiger partial charge is 0.359 e. The average molecular weight is 487 g/mol. The fraction of sp³-hybridized carbons (Fsp3) is 0.318. The van der Waals surface area contributed by atoms with Gasteiger partial charge < -0.3 is 15.5 Å². The maximum atomic E-state index is 4.72. The van der Waals surface area contributed by atoms with Crippen molar-refractivity contribution in [2.24, 2.45) is 4.99 Å². The molecule has 3 aromatic rings. The third kappa shape index (κ3) is 6.98. The summed E-state index contributed by atoms with van der Waals surface area (Å²) in [7, 11) is 2.06. The summed E-state index contributed by atoms with van der Waals surface area (Å²) in [5.74, 6) is 0.936. The highest BCUT2D eigenvalue weighted by Crippen LogP contribution is 2.26. The molecule has 0 amide bonds. The summed E-state index contributed by atoms with van der Waals surface area (Å²) in [6, 6.07) is 14.4. The van der Waals surface area contributed by atoms with Crippen molar-refractivity contribution in [1.82, 2.24) is 20.6 Å². The number of halogens is 1. The topological polar surface area (TPSA) is 65.4 Å². The second-order valence-electron chi connectivity index (χ2n) is 6.88. The van der Waals surface area contributed by atoms with Gasteiger partial charge in [0.15, 0.2) is 0 Å². The van der Waals surface area contributed by atoms with Crippen molar-refractivity contribution in [2.45, 2.75) is 12.8 Å². The first-order valence-corrected chi connectivity index (χ1v) is 11.6. The lowest BCUT2D eigenvalue weighted by Gasteiger charge is -2.18. The first-order chi connectivity index (χ1) is 14.7. The van der Waals surface area contributed by atoms with E-state index < -0.39 is 0 Å². The summed E-state index contributed by atoms with van der Waals surface area (Å²) in [5.41, 5.74) is 3.00. The van der Waals surface area contributed by atoms with Crippen LogP contribution >= 0.6 is 27.3 Å². The van der Waals surface area contributed by atoms with Crippen molar-refractivity contribution in [3.8, 4) is 11.4 Å². The first kappa shape index (κ1) is 22.6.